The van der Waals surface area contributed by atoms with Gasteiger partial charge in [0.1, 0.15) is 17.3 Å². The summed E-state index contributed by atoms with van der Waals surface area (Å²) < 4.78 is 10.7. The van der Waals surface area contributed by atoms with Crippen LogP contribution >= 0.6 is 0 Å². The van der Waals surface area contributed by atoms with Crippen molar-refractivity contribution < 1.29 is 9.47 Å². The monoisotopic (exact) mass is 377 g/mol. The second kappa shape index (κ2) is 7.86. The topological polar surface area (TPSA) is 67.5 Å². The molecule has 3 aromatic rings. The summed E-state index contributed by atoms with van der Waals surface area (Å²) in [4.78, 5) is 22.5. The molecule has 0 atom stereocenters. The number of hydrogen-bond acceptors (Lipinski definition) is 5. The molecule has 0 saturated carbocycles. The standard InChI is InChI=1S/C22H23N3O3/c1-27-17-10-15(11-18(12-17)28-2)13-25-9-8-19-20(14-25)23-21(24-22(19)26)16-6-4-3-5-7-16/h3-7,10-12H,8-9,13-14H2,1-2H3,(H,23,24,26). The van der Waals surface area contributed by atoms with Crippen LogP contribution in [0.5, 0.6) is 11.5 Å². The van der Waals surface area contributed by atoms with Crippen molar-refractivity contribution in [3.8, 4) is 22.9 Å². The minimum Gasteiger partial charge on any atom is -0.497 e. The fourth-order valence-corrected chi connectivity index (χ4v) is 3.58. The number of nitrogens with one attached hydrogen (secondary N) is 1. The lowest BCUT2D eigenvalue weighted by molar-refractivity contribution is 0.240. The quantitative estimate of drug-likeness (QED) is 0.740. The maximum Gasteiger partial charge on any atom is 0.254 e. The number of H-pyrrole nitrogens is 1. The fourth-order valence-electron chi connectivity index (χ4n) is 3.58. The highest BCUT2D eigenvalue weighted by Gasteiger charge is 2.21. The molecule has 1 aliphatic rings. The summed E-state index contributed by atoms with van der Waals surface area (Å²) in [7, 11) is 3.30. The second-order valence-corrected chi connectivity index (χ2v) is 6.89. The van der Waals surface area contributed by atoms with Gasteiger partial charge in [0, 0.05) is 36.8 Å². The number of methoxy groups -OCH3 is 2. The number of ether oxygens (including phenoxy) is 2. The number of benzene rings is 2. The van der Waals surface area contributed by atoms with Gasteiger partial charge in [0.25, 0.3) is 5.56 Å². The third-order valence-electron chi connectivity index (χ3n) is 5.02. The van der Waals surface area contributed by atoms with Gasteiger partial charge in [-0.15, -0.1) is 0 Å². The summed E-state index contributed by atoms with van der Waals surface area (Å²) in [6.45, 7) is 2.18. The first-order valence-corrected chi connectivity index (χ1v) is 9.28. The largest absolute Gasteiger partial charge is 0.497 e. The van der Waals surface area contributed by atoms with Crippen LogP contribution in [0.1, 0.15) is 16.8 Å². The van der Waals surface area contributed by atoms with Crippen molar-refractivity contribution in [1.29, 1.82) is 0 Å². The van der Waals surface area contributed by atoms with Gasteiger partial charge in [0.15, 0.2) is 0 Å². The van der Waals surface area contributed by atoms with Crippen LogP contribution < -0.4 is 15.0 Å². The van der Waals surface area contributed by atoms with E-state index in [4.69, 9.17) is 14.5 Å². The van der Waals surface area contributed by atoms with Gasteiger partial charge >= 0.3 is 0 Å². The molecule has 0 saturated heterocycles. The predicted molar refractivity (Wildman–Crippen MR) is 108 cm³/mol. The van der Waals surface area contributed by atoms with Crippen molar-refractivity contribution in [1.82, 2.24) is 14.9 Å². The van der Waals surface area contributed by atoms with Gasteiger partial charge < -0.3 is 14.5 Å². The zero-order chi connectivity index (χ0) is 19.5. The Morgan fingerprint density at radius 3 is 2.46 bits per heavy atom. The van der Waals surface area contributed by atoms with E-state index in [1.165, 1.54) is 0 Å². The molecule has 1 aliphatic heterocycles. The van der Waals surface area contributed by atoms with E-state index in [0.717, 1.165) is 47.0 Å². The van der Waals surface area contributed by atoms with Crippen molar-refractivity contribution in [2.45, 2.75) is 19.5 Å². The third kappa shape index (κ3) is 3.77. The lowest BCUT2D eigenvalue weighted by Crippen LogP contribution is -2.35. The smallest absolute Gasteiger partial charge is 0.254 e. The van der Waals surface area contributed by atoms with E-state index < -0.39 is 0 Å². The molecule has 2 aromatic carbocycles. The van der Waals surface area contributed by atoms with Crippen LogP contribution in [0.15, 0.2) is 53.3 Å². The summed E-state index contributed by atoms with van der Waals surface area (Å²) in [5.74, 6) is 2.16. The zero-order valence-corrected chi connectivity index (χ0v) is 16.1. The first-order chi connectivity index (χ1) is 13.7. The van der Waals surface area contributed by atoms with E-state index in [-0.39, 0.29) is 5.56 Å². The Morgan fingerprint density at radius 1 is 1.07 bits per heavy atom. The summed E-state index contributed by atoms with van der Waals surface area (Å²) in [5.41, 5.74) is 3.62. The Labute approximate surface area is 163 Å². The highest BCUT2D eigenvalue weighted by atomic mass is 16.5. The molecule has 0 fully saturated rings. The summed E-state index contributed by atoms with van der Waals surface area (Å²) >= 11 is 0. The molecule has 2 heterocycles. The molecule has 28 heavy (non-hydrogen) atoms. The van der Waals surface area contributed by atoms with Gasteiger partial charge in [-0.1, -0.05) is 30.3 Å². The summed E-state index contributed by atoms with van der Waals surface area (Å²) in [6, 6.07) is 15.6. The highest BCUT2D eigenvalue weighted by molar-refractivity contribution is 5.54. The van der Waals surface area contributed by atoms with Gasteiger partial charge in [-0.2, -0.15) is 0 Å². The molecule has 0 bridgehead atoms. The van der Waals surface area contributed by atoms with E-state index in [1.54, 1.807) is 14.2 Å². The van der Waals surface area contributed by atoms with Gasteiger partial charge in [0.05, 0.1) is 19.9 Å². The van der Waals surface area contributed by atoms with Crippen molar-refractivity contribution in [2.24, 2.45) is 0 Å². The molecule has 0 aliphatic carbocycles. The normalized spacial score (nSPS) is 13.8. The Kier molecular flexibility index (Phi) is 5.12. The number of aromatic nitrogens is 2. The van der Waals surface area contributed by atoms with E-state index in [1.807, 2.05) is 48.5 Å². The Morgan fingerprint density at radius 2 is 1.79 bits per heavy atom. The van der Waals surface area contributed by atoms with Crippen molar-refractivity contribution in [2.75, 3.05) is 20.8 Å². The molecule has 1 N–H and O–H groups in total. The third-order valence-corrected chi connectivity index (χ3v) is 5.02. The van der Waals surface area contributed by atoms with E-state index in [2.05, 4.69) is 9.88 Å². The number of hydrogen-bond donors (Lipinski definition) is 1. The van der Waals surface area contributed by atoms with Gasteiger partial charge in [-0.3, -0.25) is 9.69 Å². The first kappa shape index (κ1) is 18.3. The maximum atomic E-state index is 12.5. The molecular weight excluding hydrogens is 354 g/mol. The SMILES string of the molecule is COc1cc(CN2CCc3c(nc(-c4ccccc4)[nH]c3=O)C2)cc(OC)c1. The van der Waals surface area contributed by atoms with Crippen LogP contribution in [0.25, 0.3) is 11.4 Å². The molecule has 144 valence electrons. The van der Waals surface area contributed by atoms with Crippen LogP contribution in [0.4, 0.5) is 0 Å². The van der Waals surface area contributed by atoms with Crippen LogP contribution in [0, 0.1) is 0 Å². The van der Waals surface area contributed by atoms with Crippen molar-refractivity contribution >= 4 is 0 Å². The molecule has 1 aromatic heterocycles. The molecule has 0 spiro atoms. The molecule has 6 heteroatoms. The number of aromatic amines is 1. The van der Waals surface area contributed by atoms with E-state index in [0.29, 0.717) is 18.8 Å². The predicted octanol–water partition coefficient (Wildman–Crippen LogP) is 3.01. The molecule has 0 amide bonds. The Balaban J connectivity index is 1.59. The lowest BCUT2D eigenvalue weighted by atomic mass is 10.0. The van der Waals surface area contributed by atoms with Crippen molar-refractivity contribution in [3.63, 3.8) is 0 Å². The van der Waals surface area contributed by atoms with Crippen LogP contribution in [-0.2, 0) is 19.5 Å². The number of nitrogens with zero attached hydrogens (tertiary/aromatic N) is 2. The molecule has 0 unspecified atom stereocenters. The van der Waals surface area contributed by atoms with Gasteiger partial charge in [-0.05, 0) is 24.1 Å². The number of fused-ring (bicyclic) bond motifs is 1. The molecule has 0 radical (unpaired) electrons. The first-order valence-electron chi connectivity index (χ1n) is 9.28. The zero-order valence-electron chi connectivity index (χ0n) is 16.1. The van der Waals surface area contributed by atoms with Crippen LogP contribution in [0.2, 0.25) is 0 Å². The van der Waals surface area contributed by atoms with E-state index in [9.17, 15) is 4.79 Å². The van der Waals surface area contributed by atoms with Crippen LogP contribution in [-0.4, -0.2) is 35.6 Å². The van der Waals surface area contributed by atoms with Gasteiger partial charge in [-0.25, -0.2) is 4.98 Å². The maximum absolute atomic E-state index is 12.5. The Bertz CT molecular complexity index is 1010. The average Bonchev–Trinajstić information content (AvgIpc) is 2.73. The minimum absolute atomic E-state index is 0.0356. The summed E-state index contributed by atoms with van der Waals surface area (Å²) in [5, 5.41) is 0. The molecule has 6 nitrogen and oxygen atoms in total. The highest BCUT2D eigenvalue weighted by Crippen LogP contribution is 2.25. The van der Waals surface area contributed by atoms with Gasteiger partial charge in [0.2, 0.25) is 0 Å². The van der Waals surface area contributed by atoms with Crippen molar-refractivity contribution in [3.05, 3.63) is 75.7 Å². The van der Waals surface area contributed by atoms with E-state index >= 15 is 0 Å². The Hall–Kier alpha value is -3.12. The fraction of sp³-hybridized carbons (Fsp3) is 0.273. The molecular formula is C22H23N3O3. The average molecular weight is 377 g/mol. The lowest BCUT2D eigenvalue weighted by Gasteiger charge is -2.28. The number of rotatable bonds is 5. The molecule has 4 rings (SSSR count). The summed E-state index contributed by atoms with van der Waals surface area (Å²) in [6.07, 6.45) is 0.688. The van der Waals surface area contributed by atoms with Crippen LogP contribution in [0.3, 0.4) is 0 Å². The minimum atomic E-state index is -0.0356. The second-order valence-electron chi connectivity index (χ2n) is 6.89.